The number of esters is 1. The number of carbonyl (C=O) groups excluding carboxylic acids is 4. The highest BCUT2D eigenvalue weighted by atomic mass is 16.5. The Kier molecular flexibility index (Phi) is 8.23. The molecule has 154 valence electrons. The molecule has 0 bridgehead atoms. The zero-order valence-corrected chi connectivity index (χ0v) is 17.1. The average Bonchev–Trinajstić information content (AvgIpc) is 2.61. The summed E-state index contributed by atoms with van der Waals surface area (Å²) in [6.07, 6.45) is 4.47. The number of ether oxygens (including phenoxy) is 1. The molecule has 8 nitrogen and oxygen atoms in total. The molecule has 1 fully saturated rings. The summed E-state index contributed by atoms with van der Waals surface area (Å²) >= 11 is 0. The summed E-state index contributed by atoms with van der Waals surface area (Å²) in [6.45, 7) is 10.3. The largest absolute Gasteiger partial charge is 0.447 e. The summed E-state index contributed by atoms with van der Waals surface area (Å²) in [6, 6.07) is -1.65. The molecule has 1 aliphatic heterocycles. The van der Waals surface area contributed by atoms with Gasteiger partial charge in [-0.3, -0.25) is 19.2 Å². The van der Waals surface area contributed by atoms with Crippen LogP contribution in [-0.4, -0.2) is 60.4 Å². The van der Waals surface area contributed by atoms with Crippen LogP contribution in [0.2, 0.25) is 0 Å². The molecule has 1 heterocycles. The van der Waals surface area contributed by atoms with Gasteiger partial charge in [0.15, 0.2) is 6.10 Å². The molecule has 0 aromatic carbocycles. The minimum Gasteiger partial charge on any atom is -0.447 e. The van der Waals surface area contributed by atoms with E-state index >= 15 is 0 Å². The summed E-state index contributed by atoms with van der Waals surface area (Å²) in [5.41, 5.74) is 0.472. The van der Waals surface area contributed by atoms with Crippen LogP contribution < -0.4 is 10.6 Å². The Labute approximate surface area is 166 Å². The topological polar surface area (TPSA) is 105 Å². The van der Waals surface area contributed by atoms with Gasteiger partial charge in [-0.05, 0) is 12.8 Å². The van der Waals surface area contributed by atoms with Crippen molar-refractivity contribution in [2.24, 2.45) is 11.8 Å². The van der Waals surface area contributed by atoms with Crippen molar-refractivity contribution in [3.63, 3.8) is 0 Å². The van der Waals surface area contributed by atoms with Gasteiger partial charge in [0.2, 0.25) is 17.7 Å². The number of nitrogens with one attached hydrogen (secondary N) is 2. The van der Waals surface area contributed by atoms with Crippen LogP contribution in [0, 0.1) is 24.2 Å². The maximum Gasteiger partial charge on any atom is 0.326 e. The number of carbonyl (C=O) groups is 4. The second-order valence-electron chi connectivity index (χ2n) is 7.35. The third kappa shape index (κ3) is 5.84. The molecular weight excluding hydrogens is 362 g/mol. The van der Waals surface area contributed by atoms with Crippen molar-refractivity contribution in [1.82, 2.24) is 15.5 Å². The maximum atomic E-state index is 12.7. The molecule has 4 atom stereocenters. The second kappa shape index (κ2) is 9.93. The number of likely N-dealkylation sites (N-methyl/N-ethyl adjacent to an activating group) is 1. The first-order valence-electron chi connectivity index (χ1n) is 9.16. The first-order chi connectivity index (χ1) is 13.0. The Bertz CT molecular complexity index is 694. The minimum atomic E-state index is -0.919. The zero-order valence-electron chi connectivity index (χ0n) is 17.1. The van der Waals surface area contributed by atoms with E-state index in [4.69, 9.17) is 11.2 Å². The fourth-order valence-electron chi connectivity index (χ4n) is 3.03. The fraction of sp³-hybridized carbons (Fsp3) is 0.600. The summed E-state index contributed by atoms with van der Waals surface area (Å²) in [5.74, 6) is -0.351. The predicted molar refractivity (Wildman–Crippen MR) is 104 cm³/mol. The highest BCUT2D eigenvalue weighted by Gasteiger charge is 2.33. The molecule has 28 heavy (non-hydrogen) atoms. The van der Waals surface area contributed by atoms with E-state index in [0.717, 1.165) is 0 Å². The minimum absolute atomic E-state index is 0.0664. The number of nitrogens with zero attached hydrogens (tertiary/aromatic N) is 1. The summed E-state index contributed by atoms with van der Waals surface area (Å²) in [4.78, 5) is 50.9. The number of hydrogen-bond donors (Lipinski definition) is 2. The van der Waals surface area contributed by atoms with E-state index in [9.17, 15) is 19.2 Å². The highest BCUT2D eigenvalue weighted by Crippen LogP contribution is 2.19. The van der Waals surface area contributed by atoms with Crippen molar-refractivity contribution < 1.29 is 23.9 Å². The third-order valence-electron chi connectivity index (χ3n) is 4.73. The molecular formula is C20H29N3O5. The fourth-order valence-corrected chi connectivity index (χ4v) is 3.03. The van der Waals surface area contributed by atoms with Gasteiger partial charge in [-0.2, -0.15) is 0 Å². The number of hydrogen-bond acceptors (Lipinski definition) is 5. The van der Waals surface area contributed by atoms with Gasteiger partial charge in [0.1, 0.15) is 18.6 Å². The molecule has 0 aromatic rings. The SMILES string of the molecule is C#CC1OC(=O)CNC(=O)C(C(C)C)N(C)C(=O)[C@H](C)NC(=O)CC(=C)[C@H]1C. The zero-order chi connectivity index (χ0) is 21.6. The molecule has 2 unspecified atom stereocenters. The lowest BCUT2D eigenvalue weighted by atomic mass is 9.94. The van der Waals surface area contributed by atoms with Crippen molar-refractivity contribution in [2.45, 2.75) is 52.3 Å². The molecule has 1 aliphatic rings. The van der Waals surface area contributed by atoms with E-state index in [-0.39, 0.29) is 18.9 Å². The number of amides is 3. The third-order valence-corrected chi connectivity index (χ3v) is 4.73. The molecule has 2 N–H and O–H groups in total. The van der Waals surface area contributed by atoms with Crippen LogP contribution in [-0.2, 0) is 23.9 Å². The van der Waals surface area contributed by atoms with Crippen LogP contribution in [0.4, 0.5) is 0 Å². The maximum absolute atomic E-state index is 12.7. The van der Waals surface area contributed by atoms with Crippen molar-refractivity contribution in [2.75, 3.05) is 13.6 Å². The van der Waals surface area contributed by atoms with Crippen LogP contribution in [0.15, 0.2) is 12.2 Å². The van der Waals surface area contributed by atoms with Gasteiger partial charge in [0.25, 0.3) is 0 Å². The lowest BCUT2D eigenvalue weighted by molar-refractivity contribution is -0.149. The lowest BCUT2D eigenvalue weighted by Gasteiger charge is -2.32. The first kappa shape index (κ1) is 23.2. The lowest BCUT2D eigenvalue weighted by Crippen LogP contribution is -2.55. The Morgan fingerprint density at radius 3 is 2.39 bits per heavy atom. The van der Waals surface area contributed by atoms with Crippen molar-refractivity contribution >= 4 is 23.7 Å². The molecule has 1 saturated heterocycles. The summed E-state index contributed by atoms with van der Waals surface area (Å²) in [7, 11) is 1.49. The average molecular weight is 391 g/mol. The van der Waals surface area contributed by atoms with Gasteiger partial charge in [0.05, 0.1) is 0 Å². The van der Waals surface area contributed by atoms with E-state index in [1.807, 2.05) is 0 Å². The smallest absolute Gasteiger partial charge is 0.326 e. The number of rotatable bonds is 1. The number of terminal acetylenes is 1. The van der Waals surface area contributed by atoms with Gasteiger partial charge in [0, 0.05) is 19.4 Å². The van der Waals surface area contributed by atoms with E-state index in [0.29, 0.717) is 5.57 Å². The normalized spacial score (nSPS) is 28.6. The molecule has 8 heteroatoms. The van der Waals surface area contributed by atoms with Crippen LogP contribution in [0.5, 0.6) is 0 Å². The Hall–Kier alpha value is -2.82. The van der Waals surface area contributed by atoms with Crippen LogP contribution >= 0.6 is 0 Å². The van der Waals surface area contributed by atoms with Gasteiger partial charge in [-0.1, -0.05) is 38.8 Å². The van der Waals surface area contributed by atoms with Crippen LogP contribution in [0.3, 0.4) is 0 Å². The Morgan fingerprint density at radius 2 is 1.86 bits per heavy atom. The second-order valence-corrected chi connectivity index (χ2v) is 7.35. The van der Waals surface area contributed by atoms with Gasteiger partial charge in [-0.15, -0.1) is 6.42 Å². The van der Waals surface area contributed by atoms with E-state index in [2.05, 4.69) is 23.1 Å². The Morgan fingerprint density at radius 1 is 1.25 bits per heavy atom. The van der Waals surface area contributed by atoms with Crippen molar-refractivity contribution in [3.8, 4) is 12.3 Å². The molecule has 3 amide bonds. The van der Waals surface area contributed by atoms with Gasteiger partial charge in [-0.25, -0.2) is 0 Å². The Balaban J connectivity index is 3.19. The molecule has 0 aliphatic carbocycles. The molecule has 0 radical (unpaired) electrons. The summed E-state index contributed by atoms with van der Waals surface area (Å²) in [5, 5.41) is 5.11. The van der Waals surface area contributed by atoms with E-state index < -0.39 is 47.8 Å². The quantitative estimate of drug-likeness (QED) is 0.378. The van der Waals surface area contributed by atoms with Gasteiger partial charge >= 0.3 is 5.97 Å². The molecule has 0 spiro atoms. The van der Waals surface area contributed by atoms with Crippen molar-refractivity contribution in [3.05, 3.63) is 12.2 Å². The number of cyclic esters (lactones) is 1. The van der Waals surface area contributed by atoms with Crippen LogP contribution in [0.1, 0.15) is 34.1 Å². The monoisotopic (exact) mass is 391 g/mol. The predicted octanol–water partition coefficient (Wildman–Crippen LogP) is 0.231. The van der Waals surface area contributed by atoms with Crippen molar-refractivity contribution in [1.29, 1.82) is 0 Å². The molecule has 1 rings (SSSR count). The molecule has 0 saturated carbocycles. The van der Waals surface area contributed by atoms with E-state index in [1.165, 1.54) is 11.9 Å². The van der Waals surface area contributed by atoms with Crippen LogP contribution in [0.25, 0.3) is 0 Å². The van der Waals surface area contributed by atoms with E-state index in [1.54, 1.807) is 27.7 Å². The first-order valence-corrected chi connectivity index (χ1v) is 9.16. The molecule has 0 aromatic heterocycles. The highest BCUT2D eigenvalue weighted by molar-refractivity contribution is 5.93. The standard InChI is InChI=1S/C20H29N3O5/c1-8-15-13(5)12(4)9-16(24)22-14(6)20(27)23(7)18(11(2)3)19(26)21-10-17(25)28-15/h1,11,13-15,18H,4,9-10H2,2-3,5-7H3,(H,21,26)(H,22,24)/t13-,14+,15?,18?/m1/s1. The summed E-state index contributed by atoms with van der Waals surface area (Å²) < 4.78 is 5.24. The van der Waals surface area contributed by atoms with Gasteiger partial charge < -0.3 is 20.3 Å².